The van der Waals surface area contributed by atoms with E-state index in [1.54, 1.807) is 17.9 Å². The number of carbonyl (C=O) groups excluding carboxylic acids is 2. The summed E-state index contributed by atoms with van der Waals surface area (Å²) < 4.78 is 5.08. The van der Waals surface area contributed by atoms with E-state index in [-0.39, 0.29) is 30.3 Å². The number of aliphatic hydroxyl groups excluding tert-OH is 1. The standard InChI is InChI=1S/C16H18BrNO4/c1-2-22-16(21)14-15(20)11-6-12(17)13(19)5-10(11)8-18(14)7-9-3-4-9/h6,8-9,12,20H,2-5,7H2,1H3. The van der Waals surface area contributed by atoms with Gasteiger partial charge in [-0.3, -0.25) is 4.79 Å². The minimum Gasteiger partial charge on any atom is -0.505 e. The zero-order valence-corrected chi connectivity index (χ0v) is 13.9. The van der Waals surface area contributed by atoms with E-state index in [1.165, 1.54) is 0 Å². The lowest BCUT2D eigenvalue weighted by Gasteiger charge is -2.32. The molecule has 5 nitrogen and oxygen atoms in total. The first-order valence-electron chi connectivity index (χ1n) is 7.48. The molecule has 1 heterocycles. The summed E-state index contributed by atoms with van der Waals surface area (Å²) in [7, 11) is 0. The fraction of sp³-hybridized carbons (Fsp3) is 0.500. The summed E-state index contributed by atoms with van der Waals surface area (Å²) in [5.74, 6) is -0.0370. The number of ketones is 1. The van der Waals surface area contributed by atoms with Crippen molar-refractivity contribution in [1.29, 1.82) is 0 Å². The topological polar surface area (TPSA) is 66.8 Å². The fourth-order valence-corrected chi connectivity index (χ4v) is 3.15. The van der Waals surface area contributed by atoms with Crippen molar-refractivity contribution in [2.24, 2.45) is 5.92 Å². The van der Waals surface area contributed by atoms with Gasteiger partial charge >= 0.3 is 5.97 Å². The average Bonchev–Trinajstić information content (AvgIpc) is 3.26. The van der Waals surface area contributed by atoms with E-state index in [0.29, 0.717) is 18.0 Å². The summed E-state index contributed by atoms with van der Waals surface area (Å²) in [6.45, 7) is 2.65. The maximum absolute atomic E-state index is 12.2. The van der Waals surface area contributed by atoms with Gasteiger partial charge in [-0.05, 0) is 31.3 Å². The van der Waals surface area contributed by atoms with Crippen LogP contribution in [0.3, 0.4) is 0 Å². The Hall–Kier alpha value is -1.56. The summed E-state index contributed by atoms with van der Waals surface area (Å²) in [4.78, 5) is 25.4. The van der Waals surface area contributed by atoms with Gasteiger partial charge in [0.15, 0.2) is 17.2 Å². The van der Waals surface area contributed by atoms with E-state index in [0.717, 1.165) is 18.4 Å². The second kappa shape index (κ2) is 5.91. The summed E-state index contributed by atoms with van der Waals surface area (Å²) >= 11 is 3.28. The highest BCUT2D eigenvalue weighted by Gasteiger charge is 2.36. The van der Waals surface area contributed by atoms with Crippen LogP contribution in [0.2, 0.25) is 0 Å². The normalized spacial score (nSPS) is 24.7. The van der Waals surface area contributed by atoms with Gasteiger partial charge in [0, 0.05) is 24.7 Å². The molecule has 1 atom stereocenters. The van der Waals surface area contributed by atoms with E-state index in [4.69, 9.17) is 4.74 Å². The molecule has 0 bridgehead atoms. The zero-order valence-electron chi connectivity index (χ0n) is 12.3. The molecule has 0 aromatic rings. The van der Waals surface area contributed by atoms with Gasteiger partial charge in [-0.1, -0.05) is 22.0 Å². The number of hydrogen-bond donors (Lipinski definition) is 1. The number of rotatable bonds is 4. The number of Topliss-reactive ketones (excluding diaryl/α,β-unsaturated/α-hetero) is 1. The predicted molar refractivity (Wildman–Crippen MR) is 84.2 cm³/mol. The van der Waals surface area contributed by atoms with Crippen molar-refractivity contribution in [2.75, 3.05) is 13.2 Å². The number of allylic oxidation sites excluding steroid dienone is 2. The lowest BCUT2D eigenvalue weighted by Crippen LogP contribution is -2.33. The second-order valence-corrected chi connectivity index (χ2v) is 6.78. The van der Waals surface area contributed by atoms with Crippen LogP contribution in [0.15, 0.2) is 34.9 Å². The van der Waals surface area contributed by atoms with Gasteiger partial charge in [0.1, 0.15) is 0 Å². The Kier molecular flexibility index (Phi) is 4.12. The van der Waals surface area contributed by atoms with Crippen molar-refractivity contribution in [3.05, 3.63) is 34.9 Å². The molecule has 0 aromatic heterocycles. The maximum Gasteiger partial charge on any atom is 0.358 e. The molecule has 118 valence electrons. The number of alkyl halides is 1. The Morgan fingerprint density at radius 2 is 2.23 bits per heavy atom. The van der Waals surface area contributed by atoms with Crippen molar-refractivity contribution in [2.45, 2.75) is 31.0 Å². The van der Waals surface area contributed by atoms with Crippen LogP contribution in [0.25, 0.3) is 0 Å². The van der Waals surface area contributed by atoms with E-state index in [1.807, 2.05) is 6.20 Å². The van der Waals surface area contributed by atoms with Crippen LogP contribution in [-0.2, 0) is 14.3 Å². The monoisotopic (exact) mass is 367 g/mol. The van der Waals surface area contributed by atoms with E-state index in [2.05, 4.69) is 15.9 Å². The SMILES string of the molecule is CCOC(=O)C1=C(O)C2=CC(Br)C(=O)CC2=CN1CC1CC1. The molecule has 1 aliphatic heterocycles. The summed E-state index contributed by atoms with van der Waals surface area (Å²) in [6, 6.07) is 0. The van der Waals surface area contributed by atoms with E-state index in [9.17, 15) is 14.7 Å². The van der Waals surface area contributed by atoms with E-state index < -0.39 is 10.8 Å². The van der Waals surface area contributed by atoms with Gasteiger partial charge < -0.3 is 14.7 Å². The maximum atomic E-state index is 12.2. The predicted octanol–water partition coefficient (Wildman–Crippen LogP) is 2.59. The van der Waals surface area contributed by atoms with Crippen molar-refractivity contribution in [1.82, 2.24) is 4.90 Å². The summed E-state index contributed by atoms with van der Waals surface area (Å²) in [6.07, 6.45) is 5.97. The van der Waals surface area contributed by atoms with Crippen LogP contribution in [0.5, 0.6) is 0 Å². The molecule has 3 aliphatic rings. The number of carbonyl (C=O) groups is 2. The minimum atomic E-state index is -0.528. The number of hydrogen-bond acceptors (Lipinski definition) is 5. The molecule has 0 spiro atoms. The molecule has 1 fully saturated rings. The molecule has 0 saturated heterocycles. The highest BCUT2D eigenvalue weighted by Crippen LogP contribution is 2.39. The van der Waals surface area contributed by atoms with Crippen LogP contribution in [-0.4, -0.2) is 39.7 Å². The minimum absolute atomic E-state index is 0.0498. The molecule has 3 rings (SSSR count). The molecule has 22 heavy (non-hydrogen) atoms. The third-order valence-corrected chi connectivity index (χ3v) is 4.81. The van der Waals surface area contributed by atoms with Crippen molar-refractivity contribution in [3.63, 3.8) is 0 Å². The number of ether oxygens (including phenoxy) is 1. The second-order valence-electron chi connectivity index (χ2n) is 5.79. The Morgan fingerprint density at radius 1 is 1.50 bits per heavy atom. The molecule has 0 amide bonds. The Balaban J connectivity index is 2.00. The van der Waals surface area contributed by atoms with Gasteiger partial charge in [-0.15, -0.1) is 0 Å². The quantitative estimate of drug-likeness (QED) is 0.610. The molecule has 6 heteroatoms. The molecule has 2 aliphatic carbocycles. The molecule has 0 radical (unpaired) electrons. The summed E-state index contributed by atoms with van der Waals surface area (Å²) in [5.41, 5.74) is 1.49. The number of nitrogens with zero attached hydrogens (tertiary/aromatic N) is 1. The third kappa shape index (κ3) is 2.84. The Morgan fingerprint density at radius 3 is 2.86 bits per heavy atom. The molecule has 1 N–H and O–H groups in total. The van der Waals surface area contributed by atoms with Crippen molar-refractivity contribution < 1.29 is 19.4 Å². The van der Waals surface area contributed by atoms with Gasteiger partial charge in [-0.2, -0.15) is 0 Å². The highest BCUT2D eigenvalue weighted by molar-refractivity contribution is 9.10. The molecule has 1 saturated carbocycles. The molecular formula is C16H18BrNO4. The van der Waals surface area contributed by atoms with Gasteiger partial charge in [-0.25, -0.2) is 4.79 Å². The number of aliphatic hydroxyl groups is 1. The Bertz CT molecular complexity index is 616. The smallest absolute Gasteiger partial charge is 0.358 e. The van der Waals surface area contributed by atoms with Crippen molar-refractivity contribution >= 4 is 27.7 Å². The average molecular weight is 368 g/mol. The first-order valence-corrected chi connectivity index (χ1v) is 8.39. The van der Waals surface area contributed by atoms with Crippen LogP contribution in [0.1, 0.15) is 26.2 Å². The van der Waals surface area contributed by atoms with E-state index >= 15 is 0 Å². The molecular weight excluding hydrogens is 350 g/mol. The lowest BCUT2D eigenvalue weighted by molar-refractivity contribution is -0.140. The largest absolute Gasteiger partial charge is 0.505 e. The van der Waals surface area contributed by atoms with Gasteiger partial charge in [0.05, 0.1) is 11.4 Å². The first-order chi connectivity index (χ1) is 10.5. The van der Waals surface area contributed by atoms with Crippen LogP contribution in [0.4, 0.5) is 0 Å². The molecule has 0 aromatic carbocycles. The number of fused-ring (bicyclic) bond motifs is 1. The number of esters is 1. The Labute approximate surface area is 137 Å². The van der Waals surface area contributed by atoms with Gasteiger partial charge in [0.2, 0.25) is 0 Å². The van der Waals surface area contributed by atoms with Crippen molar-refractivity contribution in [3.8, 4) is 0 Å². The number of halogens is 1. The van der Waals surface area contributed by atoms with Crippen LogP contribution >= 0.6 is 15.9 Å². The molecule has 1 unspecified atom stereocenters. The van der Waals surface area contributed by atoms with Gasteiger partial charge in [0.25, 0.3) is 0 Å². The first kappa shape index (κ1) is 15.3. The zero-order chi connectivity index (χ0) is 15.9. The van der Waals surface area contributed by atoms with Crippen LogP contribution < -0.4 is 0 Å². The third-order valence-electron chi connectivity index (χ3n) is 4.03. The van der Waals surface area contributed by atoms with Crippen LogP contribution in [0, 0.1) is 5.92 Å². The lowest BCUT2D eigenvalue weighted by atomic mass is 9.89. The highest BCUT2D eigenvalue weighted by atomic mass is 79.9. The summed E-state index contributed by atoms with van der Waals surface area (Å²) in [5, 5.41) is 10.6. The fourth-order valence-electron chi connectivity index (χ4n) is 2.73.